The van der Waals surface area contributed by atoms with Crippen LogP contribution < -0.4 is 4.90 Å². The number of amides is 1. The summed E-state index contributed by atoms with van der Waals surface area (Å²) in [6.07, 6.45) is 4.82. The Balaban J connectivity index is 1.73. The van der Waals surface area contributed by atoms with E-state index in [0.29, 0.717) is 12.5 Å². The van der Waals surface area contributed by atoms with Crippen molar-refractivity contribution in [1.82, 2.24) is 9.78 Å². The van der Waals surface area contributed by atoms with E-state index < -0.39 is 0 Å². The normalized spacial score (nSPS) is 20.7. The molecule has 2 atom stereocenters. The second-order valence-electron chi connectivity index (χ2n) is 5.31. The van der Waals surface area contributed by atoms with Crippen molar-refractivity contribution in [2.45, 2.75) is 19.3 Å². The molecule has 1 aliphatic carbocycles. The molecular weight excluding hydrogens is 250 g/mol. The van der Waals surface area contributed by atoms with Gasteiger partial charge in [-0.05, 0) is 37.0 Å². The van der Waals surface area contributed by atoms with Crippen molar-refractivity contribution in [3.05, 3.63) is 48.3 Å². The van der Waals surface area contributed by atoms with Crippen LogP contribution in [0.2, 0.25) is 0 Å². The standard InChI is InChI=1S/C16H19N3O/c1-3-19(13-7-5-4-6-8-13)16(20)15-9-14(15)12-10-17-18(2)11-12/h4-8,10-11,14-15H,3,9H2,1-2H3/t14-,15-/m1/s1. The molecule has 0 radical (unpaired) electrons. The van der Waals surface area contributed by atoms with Gasteiger partial charge in [0.1, 0.15) is 0 Å². The van der Waals surface area contributed by atoms with E-state index in [9.17, 15) is 4.79 Å². The molecular formula is C16H19N3O. The number of anilines is 1. The summed E-state index contributed by atoms with van der Waals surface area (Å²) in [4.78, 5) is 14.5. The van der Waals surface area contributed by atoms with Crippen molar-refractivity contribution in [2.24, 2.45) is 13.0 Å². The third kappa shape index (κ3) is 2.33. The maximum atomic E-state index is 12.6. The Morgan fingerprint density at radius 3 is 2.75 bits per heavy atom. The van der Waals surface area contributed by atoms with Crippen LogP contribution in [-0.2, 0) is 11.8 Å². The third-order valence-corrected chi connectivity index (χ3v) is 3.91. The number of aryl methyl sites for hydroxylation is 1. The van der Waals surface area contributed by atoms with Gasteiger partial charge in [-0.15, -0.1) is 0 Å². The molecule has 20 heavy (non-hydrogen) atoms. The van der Waals surface area contributed by atoms with E-state index in [1.54, 1.807) is 4.68 Å². The van der Waals surface area contributed by atoms with Gasteiger partial charge in [-0.1, -0.05) is 18.2 Å². The van der Waals surface area contributed by atoms with Crippen LogP contribution in [0.5, 0.6) is 0 Å². The first-order valence-electron chi connectivity index (χ1n) is 7.05. The molecule has 1 heterocycles. The fourth-order valence-electron chi connectivity index (χ4n) is 2.74. The van der Waals surface area contributed by atoms with E-state index in [1.807, 2.05) is 61.6 Å². The second-order valence-corrected chi connectivity index (χ2v) is 5.31. The van der Waals surface area contributed by atoms with Crippen molar-refractivity contribution < 1.29 is 4.79 Å². The molecule has 0 bridgehead atoms. The molecule has 0 saturated heterocycles. The molecule has 0 spiro atoms. The van der Waals surface area contributed by atoms with Gasteiger partial charge in [-0.2, -0.15) is 5.10 Å². The molecule has 1 saturated carbocycles. The van der Waals surface area contributed by atoms with Crippen molar-refractivity contribution in [3.8, 4) is 0 Å². The topological polar surface area (TPSA) is 38.1 Å². The fraction of sp³-hybridized carbons (Fsp3) is 0.375. The third-order valence-electron chi connectivity index (χ3n) is 3.91. The van der Waals surface area contributed by atoms with Crippen LogP contribution in [0.25, 0.3) is 0 Å². The van der Waals surface area contributed by atoms with E-state index in [-0.39, 0.29) is 11.8 Å². The SMILES string of the molecule is CCN(C(=O)[C@@H]1C[C@@H]1c1cnn(C)c1)c1ccccc1. The quantitative estimate of drug-likeness (QED) is 0.855. The minimum absolute atomic E-state index is 0.111. The maximum absolute atomic E-state index is 12.6. The predicted molar refractivity (Wildman–Crippen MR) is 78.5 cm³/mol. The van der Waals surface area contributed by atoms with Crippen molar-refractivity contribution in [3.63, 3.8) is 0 Å². The lowest BCUT2D eigenvalue weighted by Crippen LogP contribution is -2.32. The molecule has 0 unspecified atom stereocenters. The van der Waals surface area contributed by atoms with Gasteiger partial charge in [0.15, 0.2) is 0 Å². The number of carbonyl (C=O) groups is 1. The Morgan fingerprint density at radius 2 is 2.15 bits per heavy atom. The van der Waals surface area contributed by atoms with E-state index in [4.69, 9.17) is 0 Å². The van der Waals surface area contributed by atoms with Crippen LogP contribution in [0.15, 0.2) is 42.7 Å². The van der Waals surface area contributed by atoms with Gasteiger partial charge in [0, 0.05) is 31.4 Å². The summed E-state index contributed by atoms with van der Waals surface area (Å²) < 4.78 is 1.80. The maximum Gasteiger partial charge on any atom is 0.230 e. The Bertz CT molecular complexity index is 605. The lowest BCUT2D eigenvalue weighted by molar-refractivity contribution is -0.119. The highest BCUT2D eigenvalue weighted by molar-refractivity contribution is 5.97. The van der Waals surface area contributed by atoms with Crippen LogP contribution in [-0.4, -0.2) is 22.2 Å². The summed E-state index contributed by atoms with van der Waals surface area (Å²) in [7, 11) is 1.91. The van der Waals surface area contributed by atoms with E-state index in [1.165, 1.54) is 5.56 Å². The average molecular weight is 269 g/mol. The molecule has 4 heteroatoms. The molecule has 2 aromatic rings. The molecule has 3 rings (SSSR count). The number of carbonyl (C=O) groups excluding carboxylic acids is 1. The average Bonchev–Trinajstić information content (AvgIpc) is 3.16. The van der Waals surface area contributed by atoms with Crippen LogP contribution in [0.3, 0.4) is 0 Å². The first-order chi connectivity index (χ1) is 9.70. The number of rotatable bonds is 4. The highest BCUT2D eigenvalue weighted by Crippen LogP contribution is 2.48. The lowest BCUT2D eigenvalue weighted by Gasteiger charge is -2.21. The predicted octanol–water partition coefficient (Wildman–Crippen LogP) is 2.58. The lowest BCUT2D eigenvalue weighted by atomic mass is 10.1. The van der Waals surface area contributed by atoms with Crippen LogP contribution in [0.1, 0.15) is 24.8 Å². The second kappa shape index (κ2) is 5.12. The summed E-state index contributed by atoms with van der Waals surface area (Å²) in [6.45, 7) is 2.73. The monoisotopic (exact) mass is 269 g/mol. The molecule has 1 aromatic carbocycles. The first kappa shape index (κ1) is 12.9. The van der Waals surface area contributed by atoms with Crippen LogP contribution in [0, 0.1) is 5.92 Å². The summed E-state index contributed by atoms with van der Waals surface area (Å²) >= 11 is 0. The van der Waals surface area contributed by atoms with Crippen molar-refractivity contribution in [2.75, 3.05) is 11.4 Å². The molecule has 0 N–H and O–H groups in total. The highest BCUT2D eigenvalue weighted by Gasteiger charge is 2.46. The minimum atomic E-state index is 0.111. The summed E-state index contributed by atoms with van der Waals surface area (Å²) in [6, 6.07) is 9.89. The summed E-state index contributed by atoms with van der Waals surface area (Å²) in [5.41, 5.74) is 2.16. The van der Waals surface area contributed by atoms with Gasteiger partial charge < -0.3 is 4.90 Å². The molecule has 1 aromatic heterocycles. The van der Waals surface area contributed by atoms with Gasteiger partial charge in [-0.25, -0.2) is 0 Å². The highest BCUT2D eigenvalue weighted by atomic mass is 16.2. The zero-order valence-electron chi connectivity index (χ0n) is 11.9. The number of nitrogens with zero attached hydrogens (tertiary/aromatic N) is 3. The number of hydrogen-bond acceptors (Lipinski definition) is 2. The molecule has 1 aliphatic rings. The van der Waals surface area contributed by atoms with Crippen LogP contribution in [0.4, 0.5) is 5.69 Å². The van der Waals surface area contributed by atoms with Crippen LogP contribution >= 0.6 is 0 Å². The van der Waals surface area contributed by atoms with E-state index in [2.05, 4.69) is 5.10 Å². The fourth-order valence-corrected chi connectivity index (χ4v) is 2.74. The minimum Gasteiger partial charge on any atom is -0.312 e. The molecule has 0 aliphatic heterocycles. The van der Waals surface area contributed by atoms with Gasteiger partial charge in [0.2, 0.25) is 5.91 Å². The van der Waals surface area contributed by atoms with Crippen molar-refractivity contribution in [1.29, 1.82) is 0 Å². The smallest absolute Gasteiger partial charge is 0.230 e. The molecule has 4 nitrogen and oxygen atoms in total. The molecule has 104 valence electrons. The first-order valence-corrected chi connectivity index (χ1v) is 7.05. The van der Waals surface area contributed by atoms with Gasteiger partial charge in [0.05, 0.1) is 6.20 Å². The summed E-state index contributed by atoms with van der Waals surface area (Å²) in [5, 5.41) is 4.19. The largest absolute Gasteiger partial charge is 0.312 e. The molecule has 1 fully saturated rings. The zero-order chi connectivity index (χ0) is 14.1. The van der Waals surface area contributed by atoms with Gasteiger partial charge >= 0.3 is 0 Å². The van der Waals surface area contributed by atoms with Gasteiger partial charge in [0.25, 0.3) is 0 Å². The molecule has 1 amide bonds. The summed E-state index contributed by atoms with van der Waals surface area (Å²) in [5.74, 6) is 0.681. The van der Waals surface area contributed by atoms with E-state index >= 15 is 0 Å². The Kier molecular flexibility index (Phi) is 3.30. The number of hydrogen-bond donors (Lipinski definition) is 0. The number of benzene rings is 1. The number of aromatic nitrogens is 2. The Morgan fingerprint density at radius 1 is 1.40 bits per heavy atom. The Hall–Kier alpha value is -2.10. The number of para-hydroxylation sites is 1. The van der Waals surface area contributed by atoms with Crippen molar-refractivity contribution >= 4 is 11.6 Å². The van der Waals surface area contributed by atoms with E-state index in [0.717, 1.165) is 12.1 Å². The van der Waals surface area contributed by atoms with Gasteiger partial charge in [-0.3, -0.25) is 9.48 Å². The Labute approximate surface area is 119 Å². The zero-order valence-corrected chi connectivity index (χ0v) is 11.9.